The number of ether oxygens (including phenoxy) is 3. The lowest BCUT2D eigenvalue weighted by Crippen LogP contribution is -2.51. The molecule has 3 rings (SSSR count). The third-order valence-electron chi connectivity index (χ3n) is 4.33. The highest BCUT2D eigenvalue weighted by Gasteiger charge is 2.33. The SMILES string of the molecule is COC1CCN(C(=O)c2cccc3c2OCCO3)C(CN)C1. The number of fused-ring (bicyclic) bond motifs is 1. The Bertz CT molecular complexity index is 549. The van der Waals surface area contributed by atoms with Crippen molar-refractivity contribution >= 4 is 5.91 Å². The minimum absolute atomic E-state index is 0.00781. The summed E-state index contributed by atoms with van der Waals surface area (Å²) >= 11 is 0. The molecule has 1 amide bonds. The van der Waals surface area contributed by atoms with Crippen LogP contribution in [0.2, 0.25) is 0 Å². The van der Waals surface area contributed by atoms with E-state index in [1.54, 1.807) is 13.2 Å². The van der Waals surface area contributed by atoms with Crippen molar-refractivity contribution in [2.24, 2.45) is 5.73 Å². The molecule has 1 aromatic carbocycles. The maximum atomic E-state index is 12.9. The van der Waals surface area contributed by atoms with Crippen LogP contribution in [0.25, 0.3) is 0 Å². The Morgan fingerprint density at radius 3 is 3.00 bits per heavy atom. The largest absolute Gasteiger partial charge is 0.486 e. The van der Waals surface area contributed by atoms with Gasteiger partial charge in [-0.2, -0.15) is 0 Å². The highest BCUT2D eigenvalue weighted by molar-refractivity contribution is 5.98. The van der Waals surface area contributed by atoms with Crippen molar-refractivity contribution in [2.45, 2.75) is 25.0 Å². The fraction of sp³-hybridized carbons (Fsp3) is 0.562. The molecular formula is C16H22N2O4. The van der Waals surface area contributed by atoms with E-state index in [1.807, 2.05) is 17.0 Å². The van der Waals surface area contributed by atoms with Gasteiger partial charge in [0.2, 0.25) is 0 Å². The molecule has 2 atom stereocenters. The van der Waals surface area contributed by atoms with Gasteiger partial charge in [0.1, 0.15) is 13.2 Å². The molecule has 0 bridgehead atoms. The smallest absolute Gasteiger partial charge is 0.258 e. The Kier molecular flexibility index (Phi) is 4.49. The van der Waals surface area contributed by atoms with Crippen molar-refractivity contribution in [3.05, 3.63) is 23.8 Å². The average Bonchev–Trinajstić information content (AvgIpc) is 2.60. The first kappa shape index (κ1) is 15.1. The minimum atomic E-state index is -0.0487. The first-order valence-electron chi connectivity index (χ1n) is 7.67. The van der Waals surface area contributed by atoms with Gasteiger partial charge < -0.3 is 24.8 Å². The summed E-state index contributed by atoms with van der Waals surface area (Å²) in [6.07, 6.45) is 1.76. The lowest BCUT2D eigenvalue weighted by atomic mass is 9.98. The van der Waals surface area contributed by atoms with Gasteiger partial charge in [-0.15, -0.1) is 0 Å². The van der Waals surface area contributed by atoms with Crippen LogP contribution in [0.5, 0.6) is 11.5 Å². The number of benzene rings is 1. The van der Waals surface area contributed by atoms with Crippen LogP contribution in [0, 0.1) is 0 Å². The van der Waals surface area contributed by atoms with E-state index < -0.39 is 0 Å². The molecule has 22 heavy (non-hydrogen) atoms. The second kappa shape index (κ2) is 6.54. The van der Waals surface area contributed by atoms with Crippen LogP contribution >= 0.6 is 0 Å². The fourth-order valence-electron chi connectivity index (χ4n) is 3.12. The third-order valence-corrected chi connectivity index (χ3v) is 4.33. The van der Waals surface area contributed by atoms with Crippen molar-refractivity contribution in [3.8, 4) is 11.5 Å². The molecule has 6 heteroatoms. The summed E-state index contributed by atoms with van der Waals surface area (Å²) in [5.41, 5.74) is 6.41. The molecule has 2 heterocycles. The maximum absolute atomic E-state index is 12.9. The van der Waals surface area contributed by atoms with Crippen LogP contribution in [-0.4, -0.2) is 56.4 Å². The summed E-state index contributed by atoms with van der Waals surface area (Å²) < 4.78 is 16.6. The average molecular weight is 306 g/mol. The minimum Gasteiger partial charge on any atom is -0.486 e. The lowest BCUT2D eigenvalue weighted by molar-refractivity contribution is 0.0136. The number of carbonyl (C=O) groups is 1. The van der Waals surface area contributed by atoms with Gasteiger partial charge in [-0.25, -0.2) is 0 Å². The van der Waals surface area contributed by atoms with E-state index >= 15 is 0 Å². The number of hydrogen-bond acceptors (Lipinski definition) is 5. The summed E-state index contributed by atoms with van der Waals surface area (Å²) in [7, 11) is 1.70. The zero-order valence-electron chi connectivity index (χ0n) is 12.8. The zero-order chi connectivity index (χ0) is 15.5. The standard InChI is InChI=1S/C16H22N2O4/c1-20-12-5-6-18(11(9-12)10-17)16(19)13-3-2-4-14-15(13)22-8-7-21-14/h2-4,11-12H,5-10,17H2,1H3. The quantitative estimate of drug-likeness (QED) is 0.903. The summed E-state index contributed by atoms with van der Waals surface area (Å²) in [6, 6.07) is 5.42. The van der Waals surface area contributed by atoms with Crippen LogP contribution in [-0.2, 0) is 4.74 Å². The van der Waals surface area contributed by atoms with E-state index in [4.69, 9.17) is 19.9 Å². The Balaban J connectivity index is 1.84. The molecule has 0 aromatic heterocycles. The van der Waals surface area contributed by atoms with Crippen molar-refractivity contribution in [1.29, 1.82) is 0 Å². The van der Waals surface area contributed by atoms with Gasteiger partial charge in [-0.05, 0) is 25.0 Å². The maximum Gasteiger partial charge on any atom is 0.258 e. The van der Waals surface area contributed by atoms with E-state index in [0.29, 0.717) is 43.4 Å². The lowest BCUT2D eigenvalue weighted by Gasteiger charge is -2.38. The highest BCUT2D eigenvalue weighted by atomic mass is 16.6. The molecular weight excluding hydrogens is 284 g/mol. The number of methoxy groups -OCH3 is 1. The van der Waals surface area contributed by atoms with Gasteiger partial charge in [0.25, 0.3) is 5.91 Å². The molecule has 6 nitrogen and oxygen atoms in total. The van der Waals surface area contributed by atoms with Gasteiger partial charge in [-0.3, -0.25) is 4.79 Å². The van der Waals surface area contributed by atoms with E-state index in [2.05, 4.69) is 0 Å². The van der Waals surface area contributed by atoms with E-state index in [1.165, 1.54) is 0 Å². The topological polar surface area (TPSA) is 74.0 Å². The van der Waals surface area contributed by atoms with Gasteiger partial charge in [0.15, 0.2) is 11.5 Å². The molecule has 2 N–H and O–H groups in total. The number of amides is 1. The van der Waals surface area contributed by atoms with Crippen molar-refractivity contribution in [1.82, 2.24) is 4.90 Å². The molecule has 0 aliphatic carbocycles. The van der Waals surface area contributed by atoms with Crippen molar-refractivity contribution in [2.75, 3.05) is 33.4 Å². The summed E-state index contributed by atoms with van der Waals surface area (Å²) in [4.78, 5) is 14.8. The number of rotatable bonds is 3. The molecule has 0 spiro atoms. The van der Waals surface area contributed by atoms with Crippen LogP contribution in [0.4, 0.5) is 0 Å². The number of likely N-dealkylation sites (tertiary alicyclic amines) is 1. The summed E-state index contributed by atoms with van der Waals surface area (Å²) in [5, 5.41) is 0. The van der Waals surface area contributed by atoms with Crippen LogP contribution in [0.3, 0.4) is 0 Å². The molecule has 1 fully saturated rings. The monoisotopic (exact) mass is 306 g/mol. The molecule has 120 valence electrons. The van der Waals surface area contributed by atoms with Gasteiger partial charge in [0, 0.05) is 26.2 Å². The second-order valence-electron chi connectivity index (χ2n) is 5.60. The molecule has 1 aromatic rings. The number of nitrogens with two attached hydrogens (primary N) is 1. The summed E-state index contributed by atoms with van der Waals surface area (Å²) in [5.74, 6) is 1.13. The van der Waals surface area contributed by atoms with Crippen molar-refractivity contribution < 1.29 is 19.0 Å². The first-order chi connectivity index (χ1) is 10.7. The second-order valence-corrected chi connectivity index (χ2v) is 5.60. The Hall–Kier alpha value is -1.79. The van der Waals surface area contributed by atoms with Gasteiger partial charge >= 0.3 is 0 Å². The Morgan fingerprint density at radius 1 is 1.41 bits per heavy atom. The Labute approximate surface area is 130 Å². The normalized spacial score (nSPS) is 24.2. The van der Waals surface area contributed by atoms with Gasteiger partial charge in [0.05, 0.1) is 11.7 Å². The first-order valence-corrected chi connectivity index (χ1v) is 7.67. The number of piperidine rings is 1. The van der Waals surface area contributed by atoms with Gasteiger partial charge in [-0.1, -0.05) is 6.07 Å². The molecule has 2 aliphatic heterocycles. The van der Waals surface area contributed by atoms with Crippen LogP contribution in [0.15, 0.2) is 18.2 Å². The third kappa shape index (κ3) is 2.76. The predicted molar refractivity (Wildman–Crippen MR) is 81.3 cm³/mol. The molecule has 0 saturated carbocycles. The summed E-state index contributed by atoms with van der Waals surface area (Å²) in [6.45, 7) is 2.04. The number of para-hydroxylation sites is 1. The zero-order valence-corrected chi connectivity index (χ0v) is 12.8. The Morgan fingerprint density at radius 2 is 2.23 bits per heavy atom. The molecule has 1 saturated heterocycles. The van der Waals surface area contributed by atoms with Crippen LogP contribution in [0.1, 0.15) is 23.2 Å². The van der Waals surface area contributed by atoms with Crippen molar-refractivity contribution in [3.63, 3.8) is 0 Å². The molecule has 0 radical (unpaired) electrons. The highest BCUT2D eigenvalue weighted by Crippen LogP contribution is 2.35. The number of hydrogen-bond donors (Lipinski definition) is 1. The molecule has 2 aliphatic rings. The number of carbonyl (C=O) groups excluding carboxylic acids is 1. The van der Waals surface area contributed by atoms with E-state index in [0.717, 1.165) is 12.8 Å². The van der Waals surface area contributed by atoms with Crippen LogP contribution < -0.4 is 15.2 Å². The fourth-order valence-corrected chi connectivity index (χ4v) is 3.12. The number of nitrogens with zero attached hydrogens (tertiary/aromatic N) is 1. The van der Waals surface area contributed by atoms with E-state index in [-0.39, 0.29) is 18.1 Å². The predicted octanol–water partition coefficient (Wildman–Crippen LogP) is 1.04. The van der Waals surface area contributed by atoms with E-state index in [9.17, 15) is 4.79 Å². The molecule has 2 unspecified atom stereocenters.